The maximum atomic E-state index is 10.9. The molecule has 0 saturated heterocycles. The number of ether oxygens (including phenoxy) is 1. The van der Waals surface area contributed by atoms with E-state index in [1.165, 1.54) is 24.8 Å². The summed E-state index contributed by atoms with van der Waals surface area (Å²) in [6.45, 7) is 6.52. The first-order chi connectivity index (χ1) is 9.60. The summed E-state index contributed by atoms with van der Waals surface area (Å²) in [7, 11) is 0. The molecule has 0 fully saturated rings. The third-order valence-electron chi connectivity index (χ3n) is 2.82. The van der Waals surface area contributed by atoms with Gasteiger partial charge < -0.3 is 9.84 Å². The quantitative estimate of drug-likeness (QED) is 0.586. The highest BCUT2D eigenvalue weighted by Crippen LogP contribution is 2.07. The Balaban J connectivity index is 0.000000388. The lowest BCUT2D eigenvalue weighted by Crippen LogP contribution is -2.02. The van der Waals surface area contributed by atoms with Gasteiger partial charge in [0.05, 0.1) is 6.61 Å². The van der Waals surface area contributed by atoms with Crippen molar-refractivity contribution in [3.8, 4) is 5.75 Å². The fraction of sp³-hybridized carbons (Fsp3) is 0.588. The Kier molecular flexibility index (Phi) is 11.6. The molecule has 0 bridgehead atoms. The van der Waals surface area contributed by atoms with Gasteiger partial charge in [-0.25, -0.2) is 0 Å². The van der Waals surface area contributed by atoms with Gasteiger partial charge in [-0.15, -0.1) is 0 Å². The van der Waals surface area contributed by atoms with Crippen molar-refractivity contribution in [3.63, 3.8) is 0 Å². The van der Waals surface area contributed by atoms with E-state index in [2.05, 4.69) is 6.92 Å². The first-order valence-electron chi connectivity index (χ1n) is 7.51. The van der Waals surface area contributed by atoms with Gasteiger partial charge in [-0.3, -0.25) is 4.79 Å². The first kappa shape index (κ1) is 18.5. The summed E-state index contributed by atoms with van der Waals surface area (Å²) in [5, 5.41) is 8.76. The average molecular weight is 280 g/mol. The number of carbonyl (C=O) groups is 1. The molecule has 3 heteroatoms. The Morgan fingerprint density at radius 2 is 1.65 bits per heavy atom. The highest BCUT2D eigenvalue weighted by atomic mass is 16.5. The van der Waals surface area contributed by atoms with Gasteiger partial charge in [-0.1, -0.05) is 50.3 Å². The summed E-state index contributed by atoms with van der Waals surface area (Å²) in [6.07, 6.45) is 6.52. The molecular formula is C17H28O3. The lowest BCUT2D eigenvalue weighted by atomic mass is 10.1. The van der Waals surface area contributed by atoms with Crippen molar-refractivity contribution in [2.45, 2.75) is 59.3 Å². The summed E-state index contributed by atoms with van der Waals surface area (Å²) in [5.74, 6) is 0.282. The number of phenolic OH excluding ortho intramolecular Hbond substituents is 1. The van der Waals surface area contributed by atoms with E-state index in [0.717, 1.165) is 12.8 Å². The van der Waals surface area contributed by atoms with E-state index in [1.54, 1.807) is 12.1 Å². The normalized spacial score (nSPS) is 9.55. The van der Waals surface area contributed by atoms with E-state index in [9.17, 15) is 4.79 Å². The Bertz CT molecular complexity index is 323. The molecule has 0 unspecified atom stereocenters. The minimum atomic E-state index is -0.0472. The van der Waals surface area contributed by atoms with Crippen LogP contribution in [-0.2, 0) is 9.53 Å². The van der Waals surface area contributed by atoms with Gasteiger partial charge in [0.25, 0.3) is 0 Å². The number of esters is 1. The van der Waals surface area contributed by atoms with E-state index in [0.29, 0.717) is 18.8 Å². The van der Waals surface area contributed by atoms with Crippen LogP contribution in [0.2, 0.25) is 0 Å². The predicted octanol–water partition coefficient (Wildman–Crippen LogP) is 4.61. The summed E-state index contributed by atoms with van der Waals surface area (Å²) >= 11 is 0. The zero-order valence-electron chi connectivity index (χ0n) is 13.0. The van der Waals surface area contributed by atoms with Gasteiger partial charge >= 0.3 is 5.97 Å². The SMILES string of the molecule is CCCCCCCC(=O)OCC.Cc1ccc(O)cc1. The lowest BCUT2D eigenvalue weighted by molar-refractivity contribution is -0.143. The van der Waals surface area contributed by atoms with E-state index in [4.69, 9.17) is 9.84 Å². The fourth-order valence-electron chi connectivity index (χ4n) is 1.65. The summed E-state index contributed by atoms with van der Waals surface area (Å²) in [5.41, 5.74) is 1.17. The molecule has 0 saturated carbocycles. The van der Waals surface area contributed by atoms with Crippen molar-refractivity contribution in [2.75, 3.05) is 6.61 Å². The number of hydrogen-bond donors (Lipinski definition) is 1. The zero-order valence-corrected chi connectivity index (χ0v) is 13.0. The van der Waals surface area contributed by atoms with Crippen LogP contribution in [0.3, 0.4) is 0 Å². The second-order valence-corrected chi connectivity index (χ2v) is 4.80. The molecule has 0 aliphatic rings. The van der Waals surface area contributed by atoms with Crippen LogP contribution in [0.15, 0.2) is 24.3 Å². The minimum absolute atomic E-state index is 0.0472. The van der Waals surface area contributed by atoms with Gasteiger partial charge in [-0.05, 0) is 32.4 Å². The second kappa shape index (κ2) is 12.5. The number of aromatic hydroxyl groups is 1. The number of hydrogen-bond acceptors (Lipinski definition) is 3. The minimum Gasteiger partial charge on any atom is -0.508 e. The van der Waals surface area contributed by atoms with E-state index >= 15 is 0 Å². The molecule has 0 heterocycles. The van der Waals surface area contributed by atoms with Gasteiger partial charge in [0.1, 0.15) is 5.75 Å². The number of benzene rings is 1. The van der Waals surface area contributed by atoms with Crippen LogP contribution >= 0.6 is 0 Å². The summed E-state index contributed by atoms with van der Waals surface area (Å²) < 4.78 is 4.81. The fourth-order valence-corrected chi connectivity index (χ4v) is 1.65. The molecule has 0 radical (unpaired) electrons. The maximum Gasteiger partial charge on any atom is 0.305 e. The van der Waals surface area contributed by atoms with E-state index in [-0.39, 0.29) is 5.97 Å². The third-order valence-corrected chi connectivity index (χ3v) is 2.82. The van der Waals surface area contributed by atoms with Crippen LogP contribution in [0, 0.1) is 6.92 Å². The van der Waals surface area contributed by atoms with Crippen molar-refractivity contribution >= 4 is 5.97 Å². The molecule has 1 rings (SSSR count). The van der Waals surface area contributed by atoms with Crippen molar-refractivity contribution in [1.29, 1.82) is 0 Å². The van der Waals surface area contributed by atoms with Crippen LogP contribution in [0.25, 0.3) is 0 Å². The molecule has 0 spiro atoms. The highest BCUT2D eigenvalue weighted by molar-refractivity contribution is 5.69. The van der Waals surface area contributed by atoms with Crippen molar-refractivity contribution in [3.05, 3.63) is 29.8 Å². The lowest BCUT2D eigenvalue weighted by Gasteiger charge is -2.00. The van der Waals surface area contributed by atoms with Crippen LogP contribution in [0.1, 0.15) is 57.9 Å². The predicted molar refractivity (Wildman–Crippen MR) is 82.9 cm³/mol. The molecule has 0 aliphatic carbocycles. The molecule has 20 heavy (non-hydrogen) atoms. The zero-order chi connectivity index (χ0) is 15.2. The molecule has 114 valence electrons. The third kappa shape index (κ3) is 11.6. The first-order valence-corrected chi connectivity index (χ1v) is 7.51. The molecule has 3 nitrogen and oxygen atoms in total. The number of carbonyl (C=O) groups excluding carboxylic acids is 1. The Morgan fingerprint density at radius 3 is 2.15 bits per heavy atom. The molecule has 0 aliphatic heterocycles. The molecule has 0 amide bonds. The second-order valence-electron chi connectivity index (χ2n) is 4.80. The van der Waals surface area contributed by atoms with Gasteiger partial charge in [-0.2, -0.15) is 0 Å². The topological polar surface area (TPSA) is 46.5 Å². The maximum absolute atomic E-state index is 10.9. The molecular weight excluding hydrogens is 252 g/mol. The van der Waals surface area contributed by atoms with E-state index in [1.807, 2.05) is 26.0 Å². The molecule has 0 atom stereocenters. The van der Waals surface area contributed by atoms with Crippen LogP contribution in [0.5, 0.6) is 5.75 Å². The molecule has 1 aromatic rings. The number of phenols is 1. The van der Waals surface area contributed by atoms with Gasteiger partial charge in [0.15, 0.2) is 0 Å². The standard InChI is InChI=1S/C10H20O2.C7H8O/c1-3-5-6-7-8-9-10(11)12-4-2;1-6-2-4-7(8)5-3-6/h3-9H2,1-2H3;2-5,8H,1H3. The smallest absolute Gasteiger partial charge is 0.305 e. The Labute approximate surface area is 123 Å². The average Bonchev–Trinajstić information content (AvgIpc) is 2.43. The number of unbranched alkanes of at least 4 members (excludes halogenated alkanes) is 4. The van der Waals surface area contributed by atoms with Crippen molar-refractivity contribution in [2.24, 2.45) is 0 Å². The van der Waals surface area contributed by atoms with Crippen LogP contribution in [-0.4, -0.2) is 17.7 Å². The van der Waals surface area contributed by atoms with Gasteiger partial charge in [0, 0.05) is 6.42 Å². The monoisotopic (exact) mass is 280 g/mol. The molecule has 0 aromatic heterocycles. The van der Waals surface area contributed by atoms with Crippen LogP contribution < -0.4 is 0 Å². The highest BCUT2D eigenvalue weighted by Gasteiger charge is 1.99. The largest absolute Gasteiger partial charge is 0.508 e. The van der Waals surface area contributed by atoms with Crippen LogP contribution in [0.4, 0.5) is 0 Å². The Hall–Kier alpha value is -1.51. The van der Waals surface area contributed by atoms with E-state index < -0.39 is 0 Å². The number of rotatable bonds is 7. The Morgan fingerprint density at radius 1 is 1.05 bits per heavy atom. The molecule has 1 aromatic carbocycles. The van der Waals surface area contributed by atoms with Crippen molar-refractivity contribution in [1.82, 2.24) is 0 Å². The summed E-state index contributed by atoms with van der Waals surface area (Å²) in [6, 6.07) is 7.09. The summed E-state index contributed by atoms with van der Waals surface area (Å²) in [4.78, 5) is 10.9. The number of aryl methyl sites for hydroxylation is 1. The molecule has 1 N–H and O–H groups in total. The van der Waals surface area contributed by atoms with Crippen molar-refractivity contribution < 1.29 is 14.6 Å². The van der Waals surface area contributed by atoms with Gasteiger partial charge in [0.2, 0.25) is 0 Å².